The third kappa shape index (κ3) is 5.49. The summed E-state index contributed by atoms with van der Waals surface area (Å²) in [4.78, 5) is 38.3. The molecule has 0 aliphatic carbocycles. The minimum Gasteiger partial charge on any atom is -0.435 e. The molecule has 0 radical (unpaired) electrons. The molecule has 1 saturated heterocycles. The molecule has 1 atom stereocenters. The van der Waals surface area contributed by atoms with Crippen molar-refractivity contribution in [3.05, 3.63) is 59.1 Å². The molecule has 1 heterocycles. The summed E-state index contributed by atoms with van der Waals surface area (Å²) in [6.07, 6.45) is 0.659. The fraction of sp³-hybridized carbons (Fsp3) is 0.286. The molecule has 1 fully saturated rings. The lowest BCUT2D eigenvalue weighted by molar-refractivity contribution is -0.133. The second kappa shape index (κ2) is 9.30. The number of nitrogens with one attached hydrogen (secondary N) is 2. The summed E-state index contributed by atoms with van der Waals surface area (Å²) in [6, 6.07) is 12.0. The van der Waals surface area contributed by atoms with Gasteiger partial charge in [0.05, 0.1) is 10.7 Å². The Morgan fingerprint density at radius 1 is 1.19 bits per heavy atom. The lowest BCUT2D eigenvalue weighted by Crippen LogP contribution is -2.45. The molecular weight excluding hydrogens is 432 g/mol. The molecule has 0 aromatic heterocycles. The fourth-order valence-electron chi connectivity index (χ4n) is 3.19. The van der Waals surface area contributed by atoms with E-state index in [2.05, 4.69) is 15.4 Å². The van der Waals surface area contributed by atoms with E-state index in [0.717, 1.165) is 10.5 Å². The Morgan fingerprint density at radius 3 is 2.52 bits per heavy atom. The number of amides is 4. The van der Waals surface area contributed by atoms with Crippen molar-refractivity contribution in [3.63, 3.8) is 0 Å². The third-order valence-electron chi connectivity index (χ3n) is 4.86. The molecule has 2 N–H and O–H groups in total. The Kier molecular flexibility index (Phi) is 6.74. The molecule has 10 heteroatoms. The van der Waals surface area contributed by atoms with Crippen molar-refractivity contribution in [3.8, 4) is 5.75 Å². The molecule has 2 aromatic rings. The van der Waals surface area contributed by atoms with E-state index in [1.54, 1.807) is 43.3 Å². The Hall–Kier alpha value is -3.20. The highest BCUT2D eigenvalue weighted by Gasteiger charge is 2.47. The predicted molar refractivity (Wildman–Crippen MR) is 110 cm³/mol. The molecule has 1 aliphatic rings. The van der Waals surface area contributed by atoms with Gasteiger partial charge < -0.3 is 15.4 Å². The van der Waals surface area contributed by atoms with Gasteiger partial charge in [-0.25, -0.2) is 4.79 Å². The van der Waals surface area contributed by atoms with E-state index in [-0.39, 0.29) is 12.2 Å². The van der Waals surface area contributed by atoms with E-state index in [1.165, 1.54) is 12.1 Å². The number of carbonyl (C=O) groups excluding carboxylic acids is 3. The number of hydrogen-bond acceptors (Lipinski definition) is 4. The number of nitrogens with zero attached hydrogens (tertiary/aromatic N) is 1. The molecule has 1 unspecified atom stereocenters. The lowest BCUT2D eigenvalue weighted by Gasteiger charge is -2.21. The van der Waals surface area contributed by atoms with Gasteiger partial charge >= 0.3 is 12.6 Å². The van der Waals surface area contributed by atoms with Crippen molar-refractivity contribution >= 4 is 35.1 Å². The SMILES string of the molecule is CC1(CCc2ccc(OC(F)F)cc2)NC(=O)N(CC(=O)Nc2ccccc2Cl)C1=O. The number of imide groups is 1. The van der Waals surface area contributed by atoms with Gasteiger partial charge in [-0.05, 0) is 49.6 Å². The fourth-order valence-corrected chi connectivity index (χ4v) is 3.37. The first-order valence-corrected chi connectivity index (χ1v) is 9.78. The smallest absolute Gasteiger partial charge is 0.387 e. The van der Waals surface area contributed by atoms with Crippen LogP contribution in [-0.4, -0.2) is 41.4 Å². The number of halogens is 3. The zero-order valence-corrected chi connectivity index (χ0v) is 17.3. The van der Waals surface area contributed by atoms with E-state index in [4.69, 9.17) is 11.6 Å². The van der Waals surface area contributed by atoms with E-state index < -0.39 is 36.5 Å². The highest BCUT2D eigenvalue weighted by atomic mass is 35.5. The summed E-state index contributed by atoms with van der Waals surface area (Å²) in [7, 11) is 0. The van der Waals surface area contributed by atoms with Crippen molar-refractivity contribution in [2.24, 2.45) is 0 Å². The standard InChI is InChI=1S/C21H20ClF2N3O4/c1-21(11-10-13-6-8-14(9-7-13)31-19(23)24)18(29)27(20(30)26-21)12-17(28)25-16-5-3-2-4-15(16)22/h2-9,19H,10-12H2,1H3,(H,25,28)(H,26,30). The number of carbonyl (C=O) groups is 3. The number of para-hydroxylation sites is 1. The summed E-state index contributed by atoms with van der Waals surface area (Å²) >= 11 is 6.00. The monoisotopic (exact) mass is 451 g/mol. The third-order valence-corrected chi connectivity index (χ3v) is 5.19. The van der Waals surface area contributed by atoms with E-state index >= 15 is 0 Å². The average molecular weight is 452 g/mol. The van der Waals surface area contributed by atoms with Crippen LogP contribution in [0, 0.1) is 0 Å². The maximum Gasteiger partial charge on any atom is 0.387 e. The van der Waals surface area contributed by atoms with Gasteiger partial charge in [0.2, 0.25) is 5.91 Å². The van der Waals surface area contributed by atoms with Crippen LogP contribution >= 0.6 is 11.6 Å². The predicted octanol–water partition coefficient (Wildman–Crippen LogP) is 3.82. The Bertz CT molecular complexity index is 987. The van der Waals surface area contributed by atoms with Crippen LogP contribution in [0.25, 0.3) is 0 Å². The van der Waals surface area contributed by atoms with Crippen LogP contribution in [0.2, 0.25) is 5.02 Å². The number of ether oxygens (including phenoxy) is 1. The number of aryl methyl sites for hydroxylation is 1. The Morgan fingerprint density at radius 2 is 1.87 bits per heavy atom. The van der Waals surface area contributed by atoms with Crippen molar-refractivity contribution < 1.29 is 27.9 Å². The van der Waals surface area contributed by atoms with Crippen molar-refractivity contribution in [2.75, 3.05) is 11.9 Å². The Balaban J connectivity index is 1.59. The normalized spacial score (nSPS) is 18.3. The second-order valence-electron chi connectivity index (χ2n) is 7.20. The number of anilines is 1. The minimum atomic E-state index is -2.91. The first-order valence-electron chi connectivity index (χ1n) is 9.40. The zero-order chi connectivity index (χ0) is 22.6. The molecular formula is C21H20ClF2N3O4. The highest BCUT2D eigenvalue weighted by molar-refractivity contribution is 6.33. The van der Waals surface area contributed by atoms with Crippen LogP contribution < -0.4 is 15.4 Å². The molecule has 0 saturated carbocycles. The van der Waals surface area contributed by atoms with Gasteiger partial charge in [0.1, 0.15) is 17.8 Å². The van der Waals surface area contributed by atoms with E-state index in [0.29, 0.717) is 17.1 Å². The molecule has 31 heavy (non-hydrogen) atoms. The maximum absolute atomic E-state index is 12.8. The summed E-state index contributed by atoms with van der Waals surface area (Å²) < 4.78 is 28.8. The van der Waals surface area contributed by atoms with Crippen molar-refractivity contribution in [1.82, 2.24) is 10.2 Å². The van der Waals surface area contributed by atoms with Gasteiger partial charge in [-0.1, -0.05) is 35.9 Å². The summed E-state index contributed by atoms with van der Waals surface area (Å²) in [6.45, 7) is -1.78. The number of benzene rings is 2. The van der Waals surface area contributed by atoms with Crippen LogP contribution in [0.5, 0.6) is 5.75 Å². The maximum atomic E-state index is 12.8. The molecule has 1 aliphatic heterocycles. The van der Waals surface area contributed by atoms with Crippen LogP contribution in [0.15, 0.2) is 48.5 Å². The molecule has 0 bridgehead atoms. The minimum absolute atomic E-state index is 0.0333. The van der Waals surface area contributed by atoms with Gasteiger partial charge in [0, 0.05) is 0 Å². The first-order chi connectivity index (χ1) is 14.7. The topological polar surface area (TPSA) is 87.7 Å². The Labute approximate surface area is 182 Å². The lowest BCUT2D eigenvalue weighted by atomic mass is 9.93. The summed E-state index contributed by atoms with van der Waals surface area (Å²) in [5, 5.41) is 5.53. The molecule has 4 amide bonds. The van der Waals surface area contributed by atoms with Crippen LogP contribution in [0.1, 0.15) is 18.9 Å². The summed E-state index contributed by atoms with van der Waals surface area (Å²) in [5.41, 5.74) is -0.0389. The van der Waals surface area contributed by atoms with Crippen molar-refractivity contribution in [1.29, 1.82) is 0 Å². The van der Waals surface area contributed by atoms with Gasteiger partial charge in [0.25, 0.3) is 5.91 Å². The first kappa shape index (κ1) is 22.5. The molecule has 7 nitrogen and oxygen atoms in total. The highest BCUT2D eigenvalue weighted by Crippen LogP contribution is 2.25. The van der Waals surface area contributed by atoms with Crippen LogP contribution in [-0.2, 0) is 16.0 Å². The van der Waals surface area contributed by atoms with E-state index in [1.807, 2.05) is 0 Å². The zero-order valence-electron chi connectivity index (χ0n) is 16.5. The van der Waals surface area contributed by atoms with Gasteiger partial charge in [-0.15, -0.1) is 0 Å². The van der Waals surface area contributed by atoms with Gasteiger partial charge in [0.15, 0.2) is 0 Å². The van der Waals surface area contributed by atoms with Gasteiger partial charge in [-0.2, -0.15) is 8.78 Å². The quantitative estimate of drug-likeness (QED) is 0.597. The number of urea groups is 1. The van der Waals surface area contributed by atoms with Gasteiger partial charge in [-0.3, -0.25) is 14.5 Å². The van der Waals surface area contributed by atoms with Crippen LogP contribution in [0.4, 0.5) is 19.3 Å². The number of rotatable bonds is 8. The van der Waals surface area contributed by atoms with Crippen molar-refractivity contribution in [2.45, 2.75) is 31.9 Å². The summed E-state index contributed by atoms with van der Waals surface area (Å²) in [5.74, 6) is -1.05. The number of alkyl halides is 2. The van der Waals surface area contributed by atoms with Crippen LogP contribution in [0.3, 0.4) is 0 Å². The largest absolute Gasteiger partial charge is 0.435 e. The second-order valence-corrected chi connectivity index (χ2v) is 7.61. The number of hydrogen-bond donors (Lipinski definition) is 2. The molecule has 2 aromatic carbocycles. The van der Waals surface area contributed by atoms with E-state index in [9.17, 15) is 23.2 Å². The molecule has 3 rings (SSSR count). The average Bonchev–Trinajstić information content (AvgIpc) is 2.92. The molecule has 0 spiro atoms. The molecule has 164 valence electrons.